The van der Waals surface area contributed by atoms with Crippen molar-refractivity contribution in [2.75, 3.05) is 0 Å². The number of H-pyrrole nitrogens is 1. The molecule has 1 N–H and O–H groups in total. The highest BCUT2D eigenvalue weighted by Crippen LogP contribution is 2.53. The molecule has 2 unspecified atom stereocenters. The van der Waals surface area contributed by atoms with Crippen LogP contribution in [0.3, 0.4) is 0 Å². The minimum atomic E-state index is -0.612. The Balaban J connectivity index is 1.69. The molecule has 0 bridgehead atoms. The van der Waals surface area contributed by atoms with E-state index < -0.39 is 11.6 Å². The van der Waals surface area contributed by atoms with E-state index in [4.69, 9.17) is 0 Å². The molecular formula is C16H12F2N2. The van der Waals surface area contributed by atoms with Gasteiger partial charge in [0.15, 0.2) is 5.82 Å². The van der Waals surface area contributed by atoms with Gasteiger partial charge in [0.05, 0.1) is 5.52 Å². The molecule has 3 aromatic rings. The third-order valence-corrected chi connectivity index (χ3v) is 3.89. The van der Waals surface area contributed by atoms with Crippen LogP contribution in [0.25, 0.3) is 11.0 Å². The maximum absolute atomic E-state index is 13.6. The molecule has 2 atom stereocenters. The fourth-order valence-corrected chi connectivity index (χ4v) is 2.80. The zero-order valence-electron chi connectivity index (χ0n) is 10.6. The van der Waals surface area contributed by atoms with Crippen LogP contribution in [0.2, 0.25) is 0 Å². The van der Waals surface area contributed by atoms with Gasteiger partial charge in [-0.05, 0) is 24.0 Å². The fraction of sp³-hybridized carbons (Fsp3) is 0.188. The van der Waals surface area contributed by atoms with Crippen LogP contribution in [-0.2, 0) is 0 Å². The number of nitrogens with one attached hydrogen (secondary N) is 1. The predicted molar refractivity (Wildman–Crippen MR) is 72.6 cm³/mol. The first-order valence-corrected chi connectivity index (χ1v) is 6.62. The van der Waals surface area contributed by atoms with Crippen molar-refractivity contribution < 1.29 is 8.78 Å². The molecule has 1 aromatic heterocycles. The first-order valence-electron chi connectivity index (χ1n) is 6.62. The molecule has 4 rings (SSSR count). The SMILES string of the molecule is Fc1cc(F)c2nc(C3CC3c3ccccc3)[nH]c2c1. The molecule has 20 heavy (non-hydrogen) atoms. The monoisotopic (exact) mass is 270 g/mol. The van der Waals surface area contributed by atoms with E-state index in [0.29, 0.717) is 11.4 Å². The Hall–Kier alpha value is -2.23. The van der Waals surface area contributed by atoms with Gasteiger partial charge < -0.3 is 4.98 Å². The highest BCUT2D eigenvalue weighted by molar-refractivity contribution is 5.76. The topological polar surface area (TPSA) is 28.7 Å². The van der Waals surface area contributed by atoms with E-state index in [1.807, 2.05) is 18.2 Å². The van der Waals surface area contributed by atoms with Crippen LogP contribution in [-0.4, -0.2) is 9.97 Å². The first kappa shape index (κ1) is 11.6. The van der Waals surface area contributed by atoms with E-state index in [1.54, 1.807) is 0 Å². The summed E-state index contributed by atoms with van der Waals surface area (Å²) in [4.78, 5) is 7.34. The summed E-state index contributed by atoms with van der Waals surface area (Å²) >= 11 is 0. The molecule has 1 aliphatic rings. The zero-order valence-corrected chi connectivity index (χ0v) is 10.6. The summed E-state index contributed by atoms with van der Waals surface area (Å²) in [6.07, 6.45) is 0.994. The zero-order chi connectivity index (χ0) is 13.7. The van der Waals surface area contributed by atoms with Crippen molar-refractivity contribution in [3.05, 3.63) is 65.5 Å². The van der Waals surface area contributed by atoms with Gasteiger partial charge in [0.2, 0.25) is 0 Å². The van der Waals surface area contributed by atoms with Crippen molar-refractivity contribution in [1.29, 1.82) is 0 Å². The Kier molecular flexibility index (Phi) is 2.39. The Bertz CT molecular complexity index is 780. The number of imidazole rings is 1. The van der Waals surface area contributed by atoms with E-state index in [-0.39, 0.29) is 11.4 Å². The molecule has 0 saturated heterocycles. The quantitative estimate of drug-likeness (QED) is 0.745. The van der Waals surface area contributed by atoms with Crippen LogP contribution < -0.4 is 0 Å². The second-order valence-corrected chi connectivity index (χ2v) is 5.27. The summed E-state index contributed by atoms with van der Waals surface area (Å²) in [5, 5.41) is 0. The normalized spacial score (nSPS) is 21.3. The van der Waals surface area contributed by atoms with Crippen LogP contribution in [0.15, 0.2) is 42.5 Å². The number of rotatable bonds is 2. The lowest BCUT2D eigenvalue weighted by atomic mass is 10.1. The van der Waals surface area contributed by atoms with Crippen molar-refractivity contribution in [2.45, 2.75) is 18.3 Å². The largest absolute Gasteiger partial charge is 0.342 e. The van der Waals surface area contributed by atoms with Crippen molar-refractivity contribution in [1.82, 2.24) is 9.97 Å². The van der Waals surface area contributed by atoms with Gasteiger partial charge in [0.1, 0.15) is 17.2 Å². The third kappa shape index (κ3) is 1.80. The van der Waals surface area contributed by atoms with Gasteiger partial charge in [-0.1, -0.05) is 30.3 Å². The van der Waals surface area contributed by atoms with Crippen LogP contribution >= 0.6 is 0 Å². The number of hydrogen-bond acceptors (Lipinski definition) is 1. The smallest absolute Gasteiger partial charge is 0.153 e. The summed E-state index contributed by atoms with van der Waals surface area (Å²) in [5.74, 6) is 0.246. The summed E-state index contributed by atoms with van der Waals surface area (Å²) < 4.78 is 26.8. The molecule has 0 aliphatic heterocycles. The van der Waals surface area contributed by atoms with Crippen LogP contribution in [0.5, 0.6) is 0 Å². The molecule has 2 aromatic carbocycles. The summed E-state index contributed by atoms with van der Waals surface area (Å²) in [6.45, 7) is 0. The molecule has 2 nitrogen and oxygen atoms in total. The second-order valence-electron chi connectivity index (χ2n) is 5.27. The van der Waals surface area contributed by atoms with Gasteiger partial charge in [0.25, 0.3) is 0 Å². The van der Waals surface area contributed by atoms with Gasteiger partial charge in [0, 0.05) is 12.0 Å². The molecular weight excluding hydrogens is 258 g/mol. The maximum Gasteiger partial charge on any atom is 0.153 e. The van der Waals surface area contributed by atoms with Crippen molar-refractivity contribution in [2.24, 2.45) is 0 Å². The Morgan fingerprint density at radius 2 is 1.85 bits per heavy atom. The lowest BCUT2D eigenvalue weighted by molar-refractivity contribution is 0.590. The highest BCUT2D eigenvalue weighted by Gasteiger charge is 2.41. The third-order valence-electron chi connectivity index (χ3n) is 3.89. The standard InChI is InChI=1S/C16H12F2N2/c17-10-6-13(18)15-14(7-10)19-16(20-15)12-8-11(12)9-4-2-1-3-5-9/h1-7,11-12H,8H2,(H,19,20). The average Bonchev–Trinajstić information content (AvgIpc) is 3.13. The number of hydrogen-bond donors (Lipinski definition) is 1. The summed E-state index contributed by atoms with van der Waals surface area (Å²) in [5.41, 5.74) is 1.92. The number of nitrogens with zero attached hydrogens (tertiary/aromatic N) is 1. The first-order chi connectivity index (χ1) is 9.72. The molecule has 0 spiro atoms. The number of aromatic amines is 1. The fourth-order valence-electron chi connectivity index (χ4n) is 2.80. The maximum atomic E-state index is 13.6. The number of fused-ring (bicyclic) bond motifs is 1. The number of aromatic nitrogens is 2. The Labute approximate surface area is 114 Å². The second kappa shape index (κ2) is 4.13. The Morgan fingerprint density at radius 1 is 1.05 bits per heavy atom. The van der Waals surface area contributed by atoms with E-state index in [9.17, 15) is 8.78 Å². The molecule has 1 fully saturated rings. The van der Waals surface area contributed by atoms with E-state index in [0.717, 1.165) is 18.3 Å². The summed E-state index contributed by atoms with van der Waals surface area (Å²) in [7, 11) is 0. The van der Waals surface area contributed by atoms with E-state index >= 15 is 0 Å². The molecule has 4 heteroatoms. The van der Waals surface area contributed by atoms with E-state index in [2.05, 4.69) is 22.1 Å². The average molecular weight is 270 g/mol. The molecule has 0 radical (unpaired) electrons. The van der Waals surface area contributed by atoms with Crippen molar-refractivity contribution >= 4 is 11.0 Å². The minimum absolute atomic E-state index is 0.222. The van der Waals surface area contributed by atoms with Crippen molar-refractivity contribution in [3.8, 4) is 0 Å². The predicted octanol–water partition coefficient (Wildman–Crippen LogP) is 4.11. The molecule has 1 aliphatic carbocycles. The van der Waals surface area contributed by atoms with Gasteiger partial charge in [-0.2, -0.15) is 0 Å². The van der Waals surface area contributed by atoms with Gasteiger partial charge in [-0.15, -0.1) is 0 Å². The molecule has 1 heterocycles. The van der Waals surface area contributed by atoms with Gasteiger partial charge >= 0.3 is 0 Å². The van der Waals surface area contributed by atoms with Crippen LogP contribution in [0, 0.1) is 11.6 Å². The molecule has 0 amide bonds. The lowest BCUT2D eigenvalue weighted by Crippen LogP contribution is -1.86. The van der Waals surface area contributed by atoms with E-state index in [1.165, 1.54) is 11.6 Å². The number of benzene rings is 2. The molecule has 1 saturated carbocycles. The van der Waals surface area contributed by atoms with Gasteiger partial charge in [-0.25, -0.2) is 13.8 Å². The summed E-state index contributed by atoms with van der Waals surface area (Å²) in [6, 6.07) is 12.3. The van der Waals surface area contributed by atoms with Gasteiger partial charge in [-0.3, -0.25) is 0 Å². The number of halogens is 2. The Morgan fingerprint density at radius 3 is 2.65 bits per heavy atom. The van der Waals surface area contributed by atoms with Crippen LogP contribution in [0.4, 0.5) is 8.78 Å². The van der Waals surface area contributed by atoms with Crippen molar-refractivity contribution in [3.63, 3.8) is 0 Å². The highest BCUT2D eigenvalue weighted by atomic mass is 19.1. The molecule has 100 valence electrons. The minimum Gasteiger partial charge on any atom is -0.342 e. The van der Waals surface area contributed by atoms with Crippen LogP contribution in [0.1, 0.15) is 29.6 Å². The lowest BCUT2D eigenvalue weighted by Gasteiger charge is -1.97.